The van der Waals surface area contributed by atoms with Gasteiger partial charge >= 0.3 is 17.9 Å². The van der Waals surface area contributed by atoms with Gasteiger partial charge in [-0.25, -0.2) is 4.79 Å². The third-order valence-corrected chi connectivity index (χ3v) is 7.24. The number of carbonyl (C=O) groups excluding carboxylic acids is 3. The molecule has 6 nitrogen and oxygen atoms in total. The minimum atomic E-state index is -0.629. The monoisotopic (exact) mass is 430 g/mol. The normalized spacial score (nSPS) is 35.1. The summed E-state index contributed by atoms with van der Waals surface area (Å²) in [6.07, 6.45) is 5.66. The molecule has 0 unspecified atom stereocenters. The van der Waals surface area contributed by atoms with Crippen LogP contribution >= 0.6 is 0 Å². The van der Waals surface area contributed by atoms with E-state index in [1.54, 1.807) is 6.92 Å². The van der Waals surface area contributed by atoms with Crippen LogP contribution < -0.4 is 0 Å². The second-order valence-corrected chi connectivity index (χ2v) is 9.26. The lowest BCUT2D eigenvalue weighted by molar-refractivity contribution is -0.180. The summed E-state index contributed by atoms with van der Waals surface area (Å²) in [5.74, 6) is -0.952. The molecule has 170 valence electrons. The van der Waals surface area contributed by atoms with E-state index >= 15 is 0 Å². The molecule has 2 aliphatic carbocycles. The standard InChI is InChI=1S/C25H34O6/c1-7-23(27)31-22-10-8-14(2)12-20-18(16(4)24(28)30-20)13-19-15(3)9-11-21(25(19,22)6)29-17(5)26/h9,12,19-22H,7-8,10-11,13H2,1-6H3/b14-12-/t19-,20-,21-,22-,25+/m1/s1. The molecule has 0 aromatic carbocycles. The highest BCUT2D eigenvalue weighted by Gasteiger charge is 2.54. The van der Waals surface area contributed by atoms with Gasteiger partial charge in [-0.1, -0.05) is 31.1 Å². The van der Waals surface area contributed by atoms with Crippen LogP contribution in [-0.2, 0) is 28.6 Å². The molecular weight excluding hydrogens is 396 g/mol. The van der Waals surface area contributed by atoms with Gasteiger partial charge < -0.3 is 14.2 Å². The van der Waals surface area contributed by atoms with Gasteiger partial charge in [0.05, 0.1) is 0 Å². The van der Waals surface area contributed by atoms with Gasteiger partial charge in [-0.2, -0.15) is 0 Å². The third-order valence-electron chi connectivity index (χ3n) is 7.24. The van der Waals surface area contributed by atoms with Crippen LogP contribution in [-0.4, -0.2) is 36.2 Å². The van der Waals surface area contributed by atoms with E-state index in [4.69, 9.17) is 14.2 Å². The zero-order valence-electron chi connectivity index (χ0n) is 19.4. The Bertz CT molecular complexity index is 863. The van der Waals surface area contributed by atoms with Crippen molar-refractivity contribution in [2.45, 2.75) is 92.0 Å². The Morgan fingerprint density at radius 2 is 1.90 bits per heavy atom. The maximum Gasteiger partial charge on any atom is 0.334 e. The first kappa shape index (κ1) is 23.3. The molecule has 0 amide bonds. The van der Waals surface area contributed by atoms with Gasteiger partial charge in [-0.3, -0.25) is 9.59 Å². The van der Waals surface area contributed by atoms with Crippen LogP contribution in [0.1, 0.15) is 73.6 Å². The van der Waals surface area contributed by atoms with Crippen LogP contribution in [0.3, 0.4) is 0 Å². The molecule has 0 saturated carbocycles. The molecule has 3 aliphatic rings. The van der Waals surface area contributed by atoms with Gasteiger partial charge in [-0.05, 0) is 57.6 Å². The van der Waals surface area contributed by atoms with Gasteiger partial charge in [0.2, 0.25) is 0 Å². The highest BCUT2D eigenvalue weighted by molar-refractivity contribution is 5.92. The summed E-state index contributed by atoms with van der Waals surface area (Å²) >= 11 is 0. The van der Waals surface area contributed by atoms with Crippen LogP contribution in [0.4, 0.5) is 0 Å². The lowest BCUT2D eigenvalue weighted by atomic mass is 9.59. The van der Waals surface area contributed by atoms with E-state index in [-0.39, 0.29) is 36.4 Å². The molecule has 31 heavy (non-hydrogen) atoms. The molecule has 1 aliphatic heterocycles. The third kappa shape index (κ3) is 4.48. The first-order valence-corrected chi connectivity index (χ1v) is 11.2. The average Bonchev–Trinajstić information content (AvgIpc) is 2.96. The first-order chi connectivity index (χ1) is 14.6. The average molecular weight is 431 g/mol. The van der Waals surface area contributed by atoms with E-state index in [0.717, 1.165) is 16.7 Å². The number of hydrogen-bond acceptors (Lipinski definition) is 6. The molecule has 0 radical (unpaired) electrons. The molecule has 0 bridgehead atoms. The number of esters is 3. The molecule has 0 aromatic heterocycles. The Morgan fingerprint density at radius 1 is 1.19 bits per heavy atom. The van der Waals surface area contributed by atoms with Gasteiger partial charge in [0.15, 0.2) is 0 Å². The van der Waals surface area contributed by atoms with E-state index in [9.17, 15) is 14.4 Å². The maximum atomic E-state index is 12.4. The molecule has 0 saturated heterocycles. The topological polar surface area (TPSA) is 78.9 Å². The van der Waals surface area contributed by atoms with Crippen LogP contribution in [0, 0.1) is 11.3 Å². The number of hydrogen-bond donors (Lipinski definition) is 0. The highest BCUT2D eigenvalue weighted by atomic mass is 16.6. The minimum absolute atomic E-state index is 0.0611. The number of ether oxygens (including phenoxy) is 3. The fraction of sp³-hybridized carbons (Fsp3) is 0.640. The predicted octanol–water partition coefficient (Wildman–Crippen LogP) is 4.58. The number of carbonyl (C=O) groups is 3. The summed E-state index contributed by atoms with van der Waals surface area (Å²) in [6, 6.07) is 0. The van der Waals surface area contributed by atoms with Crippen molar-refractivity contribution in [2.75, 3.05) is 0 Å². The predicted molar refractivity (Wildman–Crippen MR) is 116 cm³/mol. The Labute approximate surface area is 184 Å². The second-order valence-electron chi connectivity index (χ2n) is 9.26. The fourth-order valence-electron chi connectivity index (χ4n) is 5.27. The van der Waals surface area contributed by atoms with Gasteiger partial charge in [-0.15, -0.1) is 0 Å². The lowest BCUT2D eigenvalue weighted by Gasteiger charge is -2.50. The zero-order valence-corrected chi connectivity index (χ0v) is 19.4. The molecule has 0 spiro atoms. The number of rotatable bonds is 3. The van der Waals surface area contributed by atoms with Gasteiger partial charge in [0.25, 0.3) is 0 Å². The summed E-state index contributed by atoms with van der Waals surface area (Å²) in [5.41, 5.74) is 3.21. The Hall–Kier alpha value is -2.37. The summed E-state index contributed by atoms with van der Waals surface area (Å²) in [4.78, 5) is 36.7. The molecule has 0 N–H and O–H groups in total. The molecule has 0 fully saturated rings. The quantitative estimate of drug-likeness (QED) is 0.370. The molecule has 1 heterocycles. The van der Waals surface area contributed by atoms with Crippen LogP contribution in [0.2, 0.25) is 0 Å². The summed E-state index contributed by atoms with van der Waals surface area (Å²) in [6.45, 7) is 11.2. The van der Waals surface area contributed by atoms with Crippen LogP contribution in [0.5, 0.6) is 0 Å². The summed E-state index contributed by atoms with van der Waals surface area (Å²) in [7, 11) is 0. The smallest absolute Gasteiger partial charge is 0.334 e. The van der Waals surface area contributed by atoms with Crippen molar-refractivity contribution in [3.8, 4) is 0 Å². The van der Waals surface area contributed by atoms with E-state index in [0.29, 0.717) is 31.3 Å². The van der Waals surface area contributed by atoms with Crippen molar-refractivity contribution in [2.24, 2.45) is 11.3 Å². The molecule has 5 atom stereocenters. The van der Waals surface area contributed by atoms with Crippen molar-refractivity contribution in [3.05, 3.63) is 34.4 Å². The highest BCUT2D eigenvalue weighted by Crippen LogP contribution is 2.52. The molecule has 6 heteroatoms. The van der Waals surface area contributed by atoms with E-state index < -0.39 is 17.6 Å². The van der Waals surface area contributed by atoms with Gasteiger partial charge in [0.1, 0.15) is 18.3 Å². The number of allylic oxidation sites excluding steroid dienone is 2. The molecular formula is C25H34O6. The van der Waals surface area contributed by atoms with Crippen molar-refractivity contribution < 1.29 is 28.6 Å². The summed E-state index contributed by atoms with van der Waals surface area (Å²) < 4.78 is 17.5. The van der Waals surface area contributed by atoms with Crippen LogP contribution in [0.15, 0.2) is 34.4 Å². The van der Waals surface area contributed by atoms with E-state index in [2.05, 4.69) is 19.9 Å². The lowest BCUT2D eigenvalue weighted by Crippen LogP contribution is -2.54. The Morgan fingerprint density at radius 3 is 2.55 bits per heavy atom. The van der Waals surface area contributed by atoms with Crippen molar-refractivity contribution in [3.63, 3.8) is 0 Å². The number of fused-ring (bicyclic) bond motifs is 2. The molecule has 0 aromatic rings. The van der Waals surface area contributed by atoms with Crippen LogP contribution in [0.25, 0.3) is 0 Å². The second kappa shape index (κ2) is 9.01. The zero-order chi connectivity index (χ0) is 22.9. The SMILES string of the molecule is CCC(=O)O[C@@H]1CC/C(C)=C\[C@H]2OC(=O)C(C)=C2C[C@@H]2C(C)=CC[C@@H](OC(C)=O)[C@]21C. The van der Waals surface area contributed by atoms with Gasteiger partial charge in [0, 0.05) is 30.8 Å². The minimum Gasteiger partial charge on any atom is -0.462 e. The first-order valence-electron chi connectivity index (χ1n) is 11.2. The largest absolute Gasteiger partial charge is 0.462 e. The fourth-order valence-corrected chi connectivity index (χ4v) is 5.27. The summed E-state index contributed by atoms with van der Waals surface area (Å²) in [5, 5.41) is 0. The van der Waals surface area contributed by atoms with E-state index in [1.165, 1.54) is 6.92 Å². The maximum absolute atomic E-state index is 12.4. The Kier molecular flexibility index (Phi) is 6.77. The van der Waals surface area contributed by atoms with Crippen molar-refractivity contribution in [1.82, 2.24) is 0 Å². The van der Waals surface area contributed by atoms with Crippen molar-refractivity contribution in [1.29, 1.82) is 0 Å². The molecule has 3 rings (SSSR count). The van der Waals surface area contributed by atoms with E-state index in [1.807, 2.05) is 19.9 Å². The Balaban J connectivity index is 2.15. The van der Waals surface area contributed by atoms with Crippen molar-refractivity contribution >= 4 is 17.9 Å².